The minimum atomic E-state index is -0.477. The first-order valence-corrected chi connectivity index (χ1v) is 8.66. The van der Waals surface area contributed by atoms with Gasteiger partial charge in [0.2, 0.25) is 5.91 Å². The zero-order valence-corrected chi connectivity index (χ0v) is 14.4. The normalized spacial score (nSPS) is 19.6. The molecule has 0 N–H and O–H groups in total. The number of amides is 1. The first-order valence-electron chi connectivity index (χ1n) is 8.66. The monoisotopic (exact) mass is 351 g/mol. The molecule has 1 unspecified atom stereocenters. The van der Waals surface area contributed by atoms with Crippen LogP contribution >= 0.6 is 0 Å². The number of halogens is 1. The first-order chi connectivity index (χ1) is 12.6. The minimum Gasteiger partial charge on any atom is -0.456 e. The number of hydrogen-bond donors (Lipinski definition) is 0. The lowest BCUT2D eigenvalue weighted by atomic mass is 9.84. The predicted molar refractivity (Wildman–Crippen MR) is 95.0 cm³/mol. The Labute approximate surface area is 150 Å². The van der Waals surface area contributed by atoms with Gasteiger partial charge in [0.25, 0.3) is 0 Å². The van der Waals surface area contributed by atoms with E-state index in [2.05, 4.69) is 6.92 Å². The number of esters is 1. The fraction of sp³-hybridized carbons (Fsp3) is 0.238. The van der Waals surface area contributed by atoms with Crippen molar-refractivity contribution in [3.8, 4) is 0 Å². The lowest BCUT2D eigenvalue weighted by molar-refractivity contribution is -0.136. The van der Waals surface area contributed by atoms with Crippen LogP contribution in [0.25, 0.3) is 0 Å². The van der Waals surface area contributed by atoms with Crippen LogP contribution in [0.3, 0.4) is 0 Å². The van der Waals surface area contributed by atoms with E-state index in [0.29, 0.717) is 16.8 Å². The molecule has 4 nitrogen and oxygen atoms in total. The average Bonchev–Trinajstić information content (AvgIpc) is 3.03. The Balaban J connectivity index is 1.80. The summed E-state index contributed by atoms with van der Waals surface area (Å²) < 4.78 is 18.9. The molecule has 26 heavy (non-hydrogen) atoms. The third-order valence-corrected chi connectivity index (χ3v) is 4.97. The molecule has 1 atom stereocenters. The van der Waals surface area contributed by atoms with Crippen LogP contribution in [-0.4, -0.2) is 18.5 Å². The Bertz CT molecular complexity index is 917. The number of aryl methyl sites for hydroxylation is 1. The van der Waals surface area contributed by atoms with Gasteiger partial charge in [0.1, 0.15) is 12.4 Å². The predicted octanol–water partition coefficient (Wildman–Crippen LogP) is 3.72. The lowest BCUT2D eigenvalue weighted by Crippen LogP contribution is -2.37. The molecule has 5 heteroatoms. The average molecular weight is 351 g/mol. The molecule has 0 aliphatic carbocycles. The Hall–Kier alpha value is -2.95. The molecular weight excluding hydrogens is 333 g/mol. The summed E-state index contributed by atoms with van der Waals surface area (Å²) in [6, 6.07) is 13.8. The summed E-state index contributed by atoms with van der Waals surface area (Å²) in [5.41, 5.74) is 3.52. The highest BCUT2D eigenvalue weighted by atomic mass is 19.1. The molecule has 2 heterocycles. The van der Waals surface area contributed by atoms with Crippen LogP contribution in [0.4, 0.5) is 10.1 Å². The Morgan fingerprint density at radius 3 is 2.62 bits per heavy atom. The molecule has 2 aliphatic heterocycles. The number of carbonyl (C=O) groups is 2. The zero-order chi connectivity index (χ0) is 18.3. The number of benzene rings is 2. The van der Waals surface area contributed by atoms with Gasteiger partial charge >= 0.3 is 5.97 Å². The van der Waals surface area contributed by atoms with Crippen molar-refractivity contribution < 1.29 is 18.7 Å². The molecule has 0 fully saturated rings. The topological polar surface area (TPSA) is 46.6 Å². The number of rotatable bonds is 3. The van der Waals surface area contributed by atoms with Crippen molar-refractivity contribution in [2.24, 2.45) is 0 Å². The van der Waals surface area contributed by atoms with Crippen LogP contribution < -0.4 is 4.90 Å². The van der Waals surface area contributed by atoms with E-state index in [1.165, 1.54) is 17.7 Å². The summed E-state index contributed by atoms with van der Waals surface area (Å²) in [5.74, 6) is -1.42. The molecule has 0 radical (unpaired) electrons. The van der Waals surface area contributed by atoms with E-state index in [0.717, 1.165) is 12.1 Å². The van der Waals surface area contributed by atoms with Crippen LogP contribution in [0.5, 0.6) is 0 Å². The molecule has 0 spiro atoms. The van der Waals surface area contributed by atoms with Gasteiger partial charge in [-0.25, -0.2) is 9.18 Å². The summed E-state index contributed by atoms with van der Waals surface area (Å²) in [4.78, 5) is 26.8. The van der Waals surface area contributed by atoms with Crippen LogP contribution in [0.2, 0.25) is 0 Å². The van der Waals surface area contributed by atoms with E-state index in [1.54, 1.807) is 17.0 Å². The number of ether oxygens (including phenoxy) is 1. The van der Waals surface area contributed by atoms with Crippen molar-refractivity contribution in [3.05, 3.63) is 76.7 Å². The Kier molecular flexibility index (Phi) is 4.07. The van der Waals surface area contributed by atoms with Crippen LogP contribution in [-0.2, 0) is 20.7 Å². The summed E-state index contributed by atoms with van der Waals surface area (Å²) in [5, 5.41) is 0. The second-order valence-electron chi connectivity index (χ2n) is 6.50. The van der Waals surface area contributed by atoms with Crippen LogP contribution in [0.15, 0.2) is 59.8 Å². The van der Waals surface area contributed by atoms with E-state index in [9.17, 15) is 14.0 Å². The number of cyclic esters (lactones) is 1. The standard InChI is InChI=1S/C21H18FNO3/c1-2-13-6-8-16(9-7-13)23-18-12-26-21(25)20(18)17(11-19(23)24)14-4-3-5-15(22)10-14/h3-10,17H,2,11-12H2,1H3. The van der Waals surface area contributed by atoms with Crippen molar-refractivity contribution in [2.45, 2.75) is 25.7 Å². The number of hydrogen-bond acceptors (Lipinski definition) is 3. The van der Waals surface area contributed by atoms with Crippen molar-refractivity contribution in [1.29, 1.82) is 0 Å². The Morgan fingerprint density at radius 1 is 1.15 bits per heavy atom. The highest BCUT2D eigenvalue weighted by Gasteiger charge is 2.42. The fourth-order valence-electron chi connectivity index (χ4n) is 3.64. The largest absolute Gasteiger partial charge is 0.456 e. The minimum absolute atomic E-state index is 0.0568. The molecule has 2 aliphatic rings. The highest BCUT2D eigenvalue weighted by Crippen LogP contribution is 2.41. The van der Waals surface area contributed by atoms with Crippen molar-refractivity contribution >= 4 is 17.6 Å². The zero-order valence-electron chi connectivity index (χ0n) is 14.4. The fourth-order valence-corrected chi connectivity index (χ4v) is 3.64. The molecule has 132 valence electrons. The summed E-state index contributed by atoms with van der Waals surface area (Å²) in [6.07, 6.45) is 1.01. The molecular formula is C21H18FNO3. The van der Waals surface area contributed by atoms with Gasteiger partial charge in [0.05, 0.1) is 11.3 Å². The van der Waals surface area contributed by atoms with Gasteiger partial charge in [0.15, 0.2) is 0 Å². The summed E-state index contributed by atoms with van der Waals surface area (Å²) >= 11 is 0. The van der Waals surface area contributed by atoms with Gasteiger partial charge < -0.3 is 4.74 Å². The van der Waals surface area contributed by atoms with E-state index < -0.39 is 11.9 Å². The summed E-state index contributed by atoms with van der Waals surface area (Å²) in [7, 11) is 0. The lowest BCUT2D eigenvalue weighted by Gasteiger charge is -2.32. The molecule has 0 saturated heterocycles. The Morgan fingerprint density at radius 2 is 1.92 bits per heavy atom. The van der Waals surface area contributed by atoms with E-state index in [4.69, 9.17) is 4.74 Å². The first kappa shape index (κ1) is 16.5. The maximum absolute atomic E-state index is 13.6. The van der Waals surface area contributed by atoms with Gasteiger partial charge in [-0.15, -0.1) is 0 Å². The van der Waals surface area contributed by atoms with Gasteiger partial charge in [-0.2, -0.15) is 0 Å². The molecule has 4 rings (SSSR count). The molecule has 1 amide bonds. The van der Waals surface area contributed by atoms with Gasteiger partial charge in [-0.1, -0.05) is 31.2 Å². The quantitative estimate of drug-likeness (QED) is 0.792. The van der Waals surface area contributed by atoms with E-state index in [1.807, 2.05) is 24.3 Å². The maximum atomic E-state index is 13.6. The van der Waals surface area contributed by atoms with Gasteiger partial charge in [-0.05, 0) is 41.8 Å². The summed E-state index contributed by atoms with van der Waals surface area (Å²) in [6.45, 7) is 2.12. The molecule has 2 aromatic carbocycles. The maximum Gasteiger partial charge on any atom is 0.336 e. The second-order valence-corrected chi connectivity index (χ2v) is 6.50. The van der Waals surface area contributed by atoms with E-state index in [-0.39, 0.29) is 24.8 Å². The number of nitrogens with zero attached hydrogens (tertiary/aromatic N) is 1. The third-order valence-electron chi connectivity index (χ3n) is 4.97. The van der Waals surface area contributed by atoms with Crippen molar-refractivity contribution in [1.82, 2.24) is 0 Å². The second kappa shape index (κ2) is 6.41. The SMILES string of the molecule is CCc1ccc(N2C(=O)CC(c3cccc(F)c3)C3=C2COC3=O)cc1. The molecule has 0 saturated carbocycles. The van der Waals surface area contributed by atoms with Crippen LogP contribution in [0.1, 0.15) is 30.4 Å². The highest BCUT2D eigenvalue weighted by molar-refractivity contribution is 6.06. The molecule has 0 bridgehead atoms. The third kappa shape index (κ3) is 2.69. The van der Waals surface area contributed by atoms with Gasteiger partial charge in [-0.3, -0.25) is 9.69 Å². The number of anilines is 1. The number of carbonyl (C=O) groups excluding carboxylic acids is 2. The van der Waals surface area contributed by atoms with E-state index >= 15 is 0 Å². The van der Waals surface area contributed by atoms with Crippen molar-refractivity contribution in [3.63, 3.8) is 0 Å². The molecule has 0 aromatic heterocycles. The smallest absolute Gasteiger partial charge is 0.336 e. The van der Waals surface area contributed by atoms with Crippen molar-refractivity contribution in [2.75, 3.05) is 11.5 Å². The molecule has 2 aromatic rings. The van der Waals surface area contributed by atoms with Gasteiger partial charge in [0, 0.05) is 18.0 Å². The van der Waals surface area contributed by atoms with Crippen LogP contribution in [0, 0.1) is 5.82 Å².